The number of hydrogen-bond donors (Lipinski definition) is 1. The Morgan fingerprint density at radius 2 is 2.16 bits per heavy atom. The van der Waals surface area contributed by atoms with E-state index in [1.165, 1.54) is 11.1 Å². The molecule has 0 radical (unpaired) electrons. The number of rotatable bonds is 5. The number of nitrogens with zero attached hydrogens (tertiary/aromatic N) is 3. The SMILES string of the molecule is Cn1ccnc1[C@@H](O)C1CCN(CCc2ccc3c(c2)CCO3)CC1. The number of aliphatic hydroxyl groups is 1. The third-order valence-electron chi connectivity index (χ3n) is 5.67. The molecule has 2 aromatic rings. The topological polar surface area (TPSA) is 50.5 Å². The van der Waals surface area contributed by atoms with Gasteiger partial charge in [0.1, 0.15) is 17.7 Å². The first kappa shape index (κ1) is 16.6. The van der Waals surface area contributed by atoms with E-state index in [1.54, 1.807) is 6.20 Å². The highest BCUT2D eigenvalue weighted by Gasteiger charge is 2.28. The molecule has 0 aliphatic carbocycles. The van der Waals surface area contributed by atoms with E-state index in [0.717, 1.165) is 63.5 Å². The molecular weight excluding hydrogens is 314 g/mol. The first-order valence-electron chi connectivity index (χ1n) is 9.33. The van der Waals surface area contributed by atoms with E-state index in [4.69, 9.17) is 4.74 Å². The predicted molar refractivity (Wildman–Crippen MR) is 96.7 cm³/mol. The fourth-order valence-corrected chi connectivity index (χ4v) is 4.05. The molecule has 0 saturated carbocycles. The van der Waals surface area contributed by atoms with E-state index < -0.39 is 6.10 Å². The summed E-state index contributed by atoms with van der Waals surface area (Å²) < 4.78 is 7.51. The Hall–Kier alpha value is -1.85. The molecule has 1 saturated heterocycles. The molecule has 1 fully saturated rings. The minimum Gasteiger partial charge on any atom is -0.493 e. The third-order valence-corrected chi connectivity index (χ3v) is 5.67. The van der Waals surface area contributed by atoms with Gasteiger partial charge in [-0.3, -0.25) is 0 Å². The summed E-state index contributed by atoms with van der Waals surface area (Å²) in [5, 5.41) is 10.6. The lowest BCUT2D eigenvalue weighted by Gasteiger charge is -2.34. The fourth-order valence-electron chi connectivity index (χ4n) is 4.05. The van der Waals surface area contributed by atoms with Gasteiger partial charge in [-0.15, -0.1) is 0 Å². The largest absolute Gasteiger partial charge is 0.493 e. The first-order valence-corrected chi connectivity index (χ1v) is 9.33. The van der Waals surface area contributed by atoms with Crippen LogP contribution in [0.25, 0.3) is 0 Å². The first-order chi connectivity index (χ1) is 12.2. The second-order valence-electron chi connectivity index (χ2n) is 7.31. The number of fused-ring (bicyclic) bond motifs is 1. The normalized spacial score (nSPS) is 19.6. The van der Waals surface area contributed by atoms with Crippen molar-refractivity contribution in [2.45, 2.75) is 31.8 Å². The summed E-state index contributed by atoms with van der Waals surface area (Å²) in [5.41, 5.74) is 2.76. The van der Waals surface area contributed by atoms with E-state index in [2.05, 4.69) is 28.1 Å². The molecule has 134 valence electrons. The zero-order chi connectivity index (χ0) is 17.2. The molecular formula is C20H27N3O2. The highest BCUT2D eigenvalue weighted by molar-refractivity contribution is 5.39. The summed E-state index contributed by atoms with van der Waals surface area (Å²) in [6.07, 6.45) is 7.40. The van der Waals surface area contributed by atoms with Gasteiger partial charge in [-0.1, -0.05) is 12.1 Å². The Morgan fingerprint density at radius 1 is 1.32 bits per heavy atom. The van der Waals surface area contributed by atoms with Gasteiger partial charge in [-0.2, -0.15) is 0 Å². The van der Waals surface area contributed by atoms with Gasteiger partial charge in [0.05, 0.1) is 6.61 Å². The molecule has 2 aliphatic rings. The van der Waals surface area contributed by atoms with Gasteiger partial charge in [0.15, 0.2) is 0 Å². The van der Waals surface area contributed by atoms with E-state index in [1.807, 2.05) is 17.8 Å². The highest BCUT2D eigenvalue weighted by Crippen LogP contribution is 2.30. The number of ether oxygens (including phenoxy) is 1. The van der Waals surface area contributed by atoms with Crippen LogP contribution in [0.2, 0.25) is 0 Å². The number of aryl methyl sites for hydroxylation is 1. The monoisotopic (exact) mass is 341 g/mol. The quantitative estimate of drug-likeness (QED) is 0.907. The maximum atomic E-state index is 10.6. The Morgan fingerprint density at radius 3 is 2.92 bits per heavy atom. The predicted octanol–water partition coefficient (Wildman–Crippen LogP) is 2.34. The maximum absolute atomic E-state index is 10.6. The van der Waals surface area contributed by atoms with Crippen molar-refractivity contribution in [2.24, 2.45) is 13.0 Å². The van der Waals surface area contributed by atoms with Crippen LogP contribution >= 0.6 is 0 Å². The van der Waals surface area contributed by atoms with Crippen molar-refractivity contribution in [2.75, 3.05) is 26.2 Å². The van der Waals surface area contributed by atoms with Gasteiger partial charge in [0.25, 0.3) is 0 Å². The average Bonchev–Trinajstić information content (AvgIpc) is 3.28. The molecule has 1 atom stereocenters. The van der Waals surface area contributed by atoms with Crippen LogP contribution in [0, 0.1) is 5.92 Å². The van der Waals surface area contributed by atoms with Crippen molar-refractivity contribution in [3.63, 3.8) is 0 Å². The standard InChI is InChI=1S/C20H27N3O2/c1-22-12-8-21-20(22)19(24)16-5-10-23(11-6-16)9-4-15-2-3-18-17(14-15)7-13-25-18/h2-3,8,12,14,16,19,24H,4-7,9-11,13H2,1H3/t19-/m0/s1. The smallest absolute Gasteiger partial charge is 0.137 e. The van der Waals surface area contributed by atoms with Crippen LogP contribution < -0.4 is 4.74 Å². The van der Waals surface area contributed by atoms with Gasteiger partial charge >= 0.3 is 0 Å². The van der Waals surface area contributed by atoms with Crippen LogP contribution in [0.3, 0.4) is 0 Å². The minimum atomic E-state index is -0.445. The zero-order valence-electron chi connectivity index (χ0n) is 14.9. The number of likely N-dealkylation sites (tertiary alicyclic amines) is 1. The van der Waals surface area contributed by atoms with Crippen molar-refractivity contribution >= 4 is 0 Å². The molecule has 0 spiro atoms. The molecule has 25 heavy (non-hydrogen) atoms. The van der Waals surface area contributed by atoms with Gasteiger partial charge in [-0.25, -0.2) is 4.98 Å². The molecule has 3 heterocycles. The average molecular weight is 341 g/mol. The van der Waals surface area contributed by atoms with Crippen molar-refractivity contribution in [3.05, 3.63) is 47.5 Å². The highest BCUT2D eigenvalue weighted by atomic mass is 16.5. The van der Waals surface area contributed by atoms with E-state index in [-0.39, 0.29) is 0 Å². The summed E-state index contributed by atoms with van der Waals surface area (Å²) in [6.45, 7) is 4.02. The Kier molecular flexibility index (Phi) is 4.77. The molecule has 5 heteroatoms. The molecule has 0 amide bonds. The van der Waals surface area contributed by atoms with Gasteiger partial charge in [0, 0.05) is 32.4 Å². The van der Waals surface area contributed by atoms with Gasteiger partial charge in [-0.05, 0) is 55.5 Å². The third kappa shape index (κ3) is 3.58. The summed E-state index contributed by atoms with van der Waals surface area (Å²) in [6, 6.07) is 6.62. The number of hydrogen-bond acceptors (Lipinski definition) is 4. The van der Waals surface area contributed by atoms with Crippen molar-refractivity contribution in [1.29, 1.82) is 0 Å². The molecule has 1 N–H and O–H groups in total. The lowest BCUT2D eigenvalue weighted by Crippen LogP contribution is -2.37. The second kappa shape index (κ2) is 7.18. The van der Waals surface area contributed by atoms with Gasteiger partial charge in [0.2, 0.25) is 0 Å². The molecule has 1 aromatic carbocycles. The van der Waals surface area contributed by atoms with Crippen LogP contribution in [0.1, 0.15) is 35.9 Å². The number of aliphatic hydroxyl groups excluding tert-OH is 1. The minimum absolute atomic E-state index is 0.314. The lowest BCUT2D eigenvalue weighted by molar-refractivity contribution is 0.0514. The molecule has 0 bridgehead atoms. The van der Waals surface area contributed by atoms with E-state index in [9.17, 15) is 5.11 Å². The van der Waals surface area contributed by atoms with Crippen LogP contribution in [0.4, 0.5) is 0 Å². The number of benzene rings is 1. The maximum Gasteiger partial charge on any atom is 0.137 e. The molecule has 5 nitrogen and oxygen atoms in total. The molecule has 2 aliphatic heterocycles. The van der Waals surface area contributed by atoms with Crippen LogP contribution in [-0.4, -0.2) is 45.8 Å². The summed E-state index contributed by atoms with van der Waals surface area (Å²) in [4.78, 5) is 6.82. The number of aromatic nitrogens is 2. The van der Waals surface area contributed by atoms with Crippen molar-refractivity contribution < 1.29 is 9.84 Å². The van der Waals surface area contributed by atoms with Crippen LogP contribution in [-0.2, 0) is 19.9 Å². The number of imidazole rings is 1. The van der Waals surface area contributed by atoms with E-state index >= 15 is 0 Å². The molecule has 4 rings (SSSR count). The molecule has 1 aromatic heterocycles. The Labute approximate surface area is 149 Å². The van der Waals surface area contributed by atoms with Crippen molar-refractivity contribution in [1.82, 2.24) is 14.5 Å². The Balaban J connectivity index is 1.27. The Bertz CT molecular complexity index is 719. The van der Waals surface area contributed by atoms with E-state index in [0.29, 0.717) is 5.92 Å². The summed E-state index contributed by atoms with van der Waals surface area (Å²) in [7, 11) is 1.95. The lowest BCUT2D eigenvalue weighted by atomic mass is 9.90. The zero-order valence-corrected chi connectivity index (χ0v) is 14.9. The van der Waals surface area contributed by atoms with Crippen molar-refractivity contribution in [3.8, 4) is 5.75 Å². The summed E-state index contributed by atoms with van der Waals surface area (Å²) in [5.74, 6) is 2.17. The van der Waals surface area contributed by atoms with Crippen LogP contribution in [0.15, 0.2) is 30.6 Å². The fraction of sp³-hybridized carbons (Fsp3) is 0.550. The number of piperidine rings is 1. The van der Waals surface area contributed by atoms with Crippen LogP contribution in [0.5, 0.6) is 5.75 Å². The molecule has 0 unspecified atom stereocenters. The summed E-state index contributed by atoms with van der Waals surface area (Å²) >= 11 is 0. The van der Waals surface area contributed by atoms with Gasteiger partial charge < -0.3 is 19.3 Å². The second-order valence-corrected chi connectivity index (χ2v) is 7.31.